The number of pyridine rings is 1. The van der Waals surface area contributed by atoms with Crippen molar-refractivity contribution in [2.75, 3.05) is 42.6 Å². The van der Waals surface area contributed by atoms with Gasteiger partial charge in [-0.2, -0.15) is 10.4 Å². The van der Waals surface area contributed by atoms with Crippen molar-refractivity contribution >= 4 is 26.6 Å². The third kappa shape index (κ3) is 6.18. The van der Waals surface area contributed by atoms with Gasteiger partial charge in [-0.15, -0.1) is 0 Å². The fourth-order valence-electron chi connectivity index (χ4n) is 6.40. The van der Waals surface area contributed by atoms with Crippen LogP contribution in [0, 0.1) is 23.0 Å². The molecule has 0 bridgehead atoms. The van der Waals surface area contributed by atoms with Gasteiger partial charge >= 0.3 is 0 Å². The predicted octanol–water partition coefficient (Wildman–Crippen LogP) is 3.21. The summed E-state index contributed by atoms with van der Waals surface area (Å²) >= 11 is 0. The van der Waals surface area contributed by atoms with E-state index in [1.54, 1.807) is 28.9 Å². The van der Waals surface area contributed by atoms with E-state index in [0.717, 1.165) is 18.5 Å². The summed E-state index contributed by atoms with van der Waals surface area (Å²) < 4.78 is 57.3. The first-order valence-corrected chi connectivity index (χ1v) is 16.7. The van der Waals surface area contributed by atoms with Crippen molar-refractivity contribution in [3.63, 3.8) is 0 Å². The van der Waals surface area contributed by atoms with E-state index < -0.39 is 21.5 Å². The standard InChI is InChI=1S/C30H39F2N7O3S/c1-5-22-17-39(27-15-29(40)35(4)28-19-37(8-7-33)34-30(27)28)23(6-2)16-38(22)20(3)21-13-25(31)24(26(32)14-21)18-36-9-11-43(41,42)12-10-36/h13-15,19-20,22-23H,5-6,8-12,16-18H2,1-4H3/t20?,22-,23+/m1/s1. The molecule has 3 aromatic rings. The summed E-state index contributed by atoms with van der Waals surface area (Å²) in [5.41, 5.74) is 2.41. The monoisotopic (exact) mass is 615 g/mol. The second kappa shape index (κ2) is 12.3. The fraction of sp³-hybridized carbons (Fsp3) is 0.567. The van der Waals surface area contributed by atoms with E-state index >= 15 is 8.78 Å². The molecule has 2 aliphatic rings. The maximum Gasteiger partial charge on any atom is 0.252 e. The Balaban J connectivity index is 1.40. The molecule has 0 N–H and O–H groups in total. The normalized spacial score (nSPS) is 22.1. The summed E-state index contributed by atoms with van der Waals surface area (Å²) in [7, 11) is -1.39. The van der Waals surface area contributed by atoms with Gasteiger partial charge in [0.15, 0.2) is 9.84 Å². The highest BCUT2D eigenvalue weighted by atomic mass is 32.2. The molecule has 2 fully saturated rings. The van der Waals surface area contributed by atoms with Crippen LogP contribution in [0.1, 0.15) is 50.8 Å². The minimum absolute atomic E-state index is 0.000824. The minimum atomic E-state index is -3.08. The fourth-order valence-corrected chi connectivity index (χ4v) is 7.68. The van der Waals surface area contributed by atoms with Gasteiger partial charge in [-0.3, -0.25) is 19.3 Å². The van der Waals surface area contributed by atoms with E-state index in [-0.39, 0.29) is 66.9 Å². The maximum absolute atomic E-state index is 15.4. The molecule has 10 nitrogen and oxygen atoms in total. The molecule has 0 aliphatic carbocycles. The van der Waals surface area contributed by atoms with Crippen molar-refractivity contribution < 1.29 is 17.2 Å². The molecule has 43 heavy (non-hydrogen) atoms. The van der Waals surface area contributed by atoms with Crippen molar-refractivity contribution in [2.45, 2.75) is 64.8 Å². The lowest BCUT2D eigenvalue weighted by atomic mass is 9.95. The Hall–Kier alpha value is -3.34. The number of halogens is 2. The van der Waals surface area contributed by atoms with Crippen LogP contribution < -0.4 is 10.5 Å². The highest BCUT2D eigenvalue weighted by Crippen LogP contribution is 2.35. The number of hydrogen-bond donors (Lipinski definition) is 0. The topological polar surface area (TPSA) is 107 Å². The van der Waals surface area contributed by atoms with Crippen LogP contribution in [0.4, 0.5) is 14.5 Å². The number of sulfone groups is 1. The average molecular weight is 616 g/mol. The van der Waals surface area contributed by atoms with Crippen LogP contribution in [-0.2, 0) is 30.0 Å². The van der Waals surface area contributed by atoms with Crippen LogP contribution in [0.25, 0.3) is 11.0 Å². The molecule has 0 radical (unpaired) electrons. The van der Waals surface area contributed by atoms with E-state index in [1.165, 1.54) is 16.7 Å². The molecule has 1 aromatic carbocycles. The molecule has 0 spiro atoms. The third-order valence-corrected chi connectivity index (χ3v) is 10.7. The lowest BCUT2D eigenvalue weighted by Gasteiger charge is -2.49. The van der Waals surface area contributed by atoms with Crippen LogP contribution in [0.5, 0.6) is 0 Å². The van der Waals surface area contributed by atoms with Gasteiger partial charge in [0.05, 0.1) is 35.0 Å². The Labute approximate surface area is 251 Å². The number of benzene rings is 1. The molecule has 2 saturated heterocycles. The number of hydrogen-bond acceptors (Lipinski definition) is 8. The van der Waals surface area contributed by atoms with Crippen molar-refractivity contribution in [2.24, 2.45) is 7.05 Å². The predicted molar refractivity (Wildman–Crippen MR) is 162 cm³/mol. The molecule has 4 heterocycles. The number of aryl methyl sites for hydroxylation is 1. The molecule has 232 valence electrons. The number of nitriles is 1. The largest absolute Gasteiger partial charge is 0.364 e. The molecule has 5 rings (SSSR count). The highest BCUT2D eigenvalue weighted by Gasteiger charge is 2.37. The Morgan fingerprint density at radius 3 is 2.33 bits per heavy atom. The van der Waals surface area contributed by atoms with E-state index in [4.69, 9.17) is 0 Å². The number of piperazine rings is 1. The Morgan fingerprint density at radius 2 is 1.72 bits per heavy atom. The van der Waals surface area contributed by atoms with Crippen LogP contribution >= 0.6 is 0 Å². The van der Waals surface area contributed by atoms with Crippen LogP contribution in [0.15, 0.2) is 29.2 Å². The van der Waals surface area contributed by atoms with Gasteiger partial charge in [0.25, 0.3) is 5.56 Å². The number of fused-ring (bicyclic) bond motifs is 1. The number of nitrogens with zero attached hydrogens (tertiary/aromatic N) is 7. The van der Waals surface area contributed by atoms with E-state index in [1.807, 2.05) is 6.92 Å². The average Bonchev–Trinajstić information content (AvgIpc) is 3.40. The quantitative estimate of drug-likeness (QED) is 0.380. The van der Waals surface area contributed by atoms with Gasteiger partial charge in [0, 0.05) is 69.5 Å². The maximum atomic E-state index is 15.4. The van der Waals surface area contributed by atoms with Crippen LogP contribution in [0.2, 0.25) is 0 Å². The SMILES string of the molecule is CC[C@H]1CN(C(C)c2cc(F)c(CN3CCS(=O)(=O)CC3)c(F)c2)[C@H](CC)CN1c1cc(=O)n(C)c2cn(CC#N)nc12. The molecule has 0 amide bonds. The van der Waals surface area contributed by atoms with Crippen molar-refractivity contribution in [1.82, 2.24) is 24.1 Å². The Kier molecular flexibility index (Phi) is 8.92. The van der Waals surface area contributed by atoms with Crippen LogP contribution in [0.3, 0.4) is 0 Å². The molecular weight excluding hydrogens is 576 g/mol. The molecule has 3 atom stereocenters. The third-order valence-electron chi connectivity index (χ3n) is 9.12. The zero-order valence-corrected chi connectivity index (χ0v) is 25.9. The first-order valence-electron chi connectivity index (χ1n) is 14.8. The van der Waals surface area contributed by atoms with E-state index in [2.05, 4.69) is 34.8 Å². The first kappa shape index (κ1) is 31.1. The molecular formula is C30H39F2N7O3S. The summed E-state index contributed by atoms with van der Waals surface area (Å²) in [5, 5.41) is 13.8. The van der Waals surface area contributed by atoms with Crippen molar-refractivity contribution in [3.05, 3.63) is 57.5 Å². The summed E-state index contributed by atoms with van der Waals surface area (Å²) in [4.78, 5) is 19.2. The highest BCUT2D eigenvalue weighted by molar-refractivity contribution is 7.91. The smallest absolute Gasteiger partial charge is 0.252 e. The van der Waals surface area contributed by atoms with Crippen molar-refractivity contribution in [1.29, 1.82) is 5.26 Å². The van der Waals surface area contributed by atoms with Gasteiger partial charge in [0.2, 0.25) is 0 Å². The van der Waals surface area contributed by atoms with Gasteiger partial charge in [-0.25, -0.2) is 17.2 Å². The lowest BCUT2D eigenvalue weighted by Crippen LogP contribution is -2.58. The van der Waals surface area contributed by atoms with Gasteiger partial charge in [-0.1, -0.05) is 13.8 Å². The lowest BCUT2D eigenvalue weighted by molar-refractivity contribution is 0.101. The molecule has 2 aliphatic heterocycles. The van der Waals surface area contributed by atoms with Gasteiger partial charge < -0.3 is 9.47 Å². The van der Waals surface area contributed by atoms with E-state index in [0.29, 0.717) is 29.7 Å². The molecule has 2 aromatic heterocycles. The molecule has 1 unspecified atom stereocenters. The second-order valence-electron chi connectivity index (χ2n) is 11.7. The Morgan fingerprint density at radius 1 is 1.07 bits per heavy atom. The Bertz CT molecular complexity index is 1680. The molecule has 0 saturated carbocycles. The summed E-state index contributed by atoms with van der Waals surface area (Å²) in [5.74, 6) is -1.24. The zero-order chi connectivity index (χ0) is 31.1. The van der Waals surface area contributed by atoms with Crippen LogP contribution in [-0.4, -0.2) is 82.3 Å². The second-order valence-corrected chi connectivity index (χ2v) is 14.0. The summed E-state index contributed by atoms with van der Waals surface area (Å²) in [6, 6.07) is 6.33. The first-order chi connectivity index (χ1) is 20.5. The summed E-state index contributed by atoms with van der Waals surface area (Å²) in [6.07, 6.45) is 3.29. The minimum Gasteiger partial charge on any atom is -0.364 e. The summed E-state index contributed by atoms with van der Waals surface area (Å²) in [6.45, 7) is 8.00. The van der Waals surface area contributed by atoms with Crippen molar-refractivity contribution in [3.8, 4) is 6.07 Å². The number of rotatable bonds is 8. The number of aromatic nitrogens is 3. The van der Waals surface area contributed by atoms with Gasteiger partial charge in [0.1, 0.15) is 23.7 Å². The van der Waals surface area contributed by atoms with E-state index in [9.17, 15) is 18.5 Å². The number of anilines is 1. The van der Waals surface area contributed by atoms with Gasteiger partial charge in [-0.05, 0) is 37.5 Å². The molecule has 13 heteroatoms. The zero-order valence-electron chi connectivity index (χ0n) is 25.1.